The highest BCUT2D eigenvalue weighted by atomic mass is 16.1. The SMILES string of the molecule is CC(C)(C)C(=O)c1ccc2c(c1)CCCCCC2. The van der Waals surface area contributed by atoms with Crippen molar-refractivity contribution >= 4 is 5.78 Å². The predicted molar refractivity (Wildman–Crippen MR) is 76.1 cm³/mol. The van der Waals surface area contributed by atoms with Gasteiger partial charge in [0, 0.05) is 11.0 Å². The van der Waals surface area contributed by atoms with E-state index in [1.54, 1.807) is 0 Å². The van der Waals surface area contributed by atoms with Gasteiger partial charge in [-0.15, -0.1) is 0 Å². The van der Waals surface area contributed by atoms with Crippen LogP contribution in [0.15, 0.2) is 18.2 Å². The maximum absolute atomic E-state index is 12.3. The van der Waals surface area contributed by atoms with Gasteiger partial charge in [-0.05, 0) is 42.9 Å². The summed E-state index contributed by atoms with van der Waals surface area (Å²) in [5, 5.41) is 0. The number of aryl methyl sites for hydroxylation is 2. The van der Waals surface area contributed by atoms with E-state index in [1.807, 2.05) is 26.8 Å². The molecule has 0 radical (unpaired) electrons. The molecule has 0 N–H and O–H groups in total. The number of hydrogen-bond donors (Lipinski definition) is 0. The van der Waals surface area contributed by atoms with Crippen LogP contribution in [0.4, 0.5) is 0 Å². The van der Waals surface area contributed by atoms with Crippen molar-refractivity contribution in [2.24, 2.45) is 5.41 Å². The zero-order chi connectivity index (χ0) is 13.2. The molecule has 0 saturated carbocycles. The fraction of sp³-hybridized carbons (Fsp3) is 0.588. The molecule has 0 heterocycles. The zero-order valence-electron chi connectivity index (χ0n) is 11.9. The largest absolute Gasteiger partial charge is 0.294 e. The topological polar surface area (TPSA) is 17.1 Å². The van der Waals surface area contributed by atoms with Crippen LogP contribution in [0.25, 0.3) is 0 Å². The molecule has 1 aliphatic rings. The molecule has 1 aliphatic carbocycles. The first kappa shape index (κ1) is 13.3. The molecule has 0 aromatic heterocycles. The summed E-state index contributed by atoms with van der Waals surface area (Å²) < 4.78 is 0. The monoisotopic (exact) mass is 244 g/mol. The molecule has 1 heteroatoms. The Labute approximate surface area is 111 Å². The Morgan fingerprint density at radius 1 is 0.944 bits per heavy atom. The third-order valence-electron chi connectivity index (χ3n) is 3.79. The van der Waals surface area contributed by atoms with E-state index in [4.69, 9.17) is 0 Å². The Morgan fingerprint density at radius 3 is 2.17 bits per heavy atom. The summed E-state index contributed by atoms with van der Waals surface area (Å²) in [5.41, 5.74) is 3.47. The number of ketones is 1. The predicted octanol–water partition coefficient (Wildman–Crippen LogP) is 4.57. The summed E-state index contributed by atoms with van der Waals surface area (Å²) in [6, 6.07) is 6.35. The highest BCUT2D eigenvalue weighted by Gasteiger charge is 2.23. The van der Waals surface area contributed by atoms with E-state index in [2.05, 4.69) is 12.1 Å². The molecule has 0 amide bonds. The molecule has 1 aromatic rings. The maximum Gasteiger partial charge on any atom is 0.168 e. The molecule has 2 rings (SSSR count). The van der Waals surface area contributed by atoms with Crippen LogP contribution in [-0.2, 0) is 12.8 Å². The van der Waals surface area contributed by atoms with Gasteiger partial charge in [-0.25, -0.2) is 0 Å². The normalized spacial score (nSPS) is 16.6. The first-order chi connectivity index (χ1) is 8.48. The first-order valence-electron chi connectivity index (χ1n) is 7.15. The van der Waals surface area contributed by atoms with Crippen molar-refractivity contribution in [3.05, 3.63) is 34.9 Å². The second-order valence-electron chi connectivity index (χ2n) is 6.48. The summed E-state index contributed by atoms with van der Waals surface area (Å²) in [7, 11) is 0. The lowest BCUT2D eigenvalue weighted by molar-refractivity contribution is 0.0858. The highest BCUT2D eigenvalue weighted by molar-refractivity contribution is 6.00. The Hall–Kier alpha value is -1.11. The lowest BCUT2D eigenvalue weighted by atomic mass is 9.84. The summed E-state index contributed by atoms with van der Waals surface area (Å²) in [6.45, 7) is 5.98. The number of rotatable bonds is 1. The van der Waals surface area contributed by atoms with Gasteiger partial charge in [-0.3, -0.25) is 4.79 Å². The van der Waals surface area contributed by atoms with Crippen LogP contribution in [0.1, 0.15) is 67.9 Å². The van der Waals surface area contributed by atoms with E-state index in [0.29, 0.717) is 0 Å². The zero-order valence-corrected chi connectivity index (χ0v) is 11.9. The molecule has 0 unspecified atom stereocenters. The third-order valence-corrected chi connectivity index (χ3v) is 3.79. The molecule has 0 aliphatic heterocycles. The summed E-state index contributed by atoms with van der Waals surface area (Å²) >= 11 is 0. The Morgan fingerprint density at radius 2 is 1.56 bits per heavy atom. The minimum Gasteiger partial charge on any atom is -0.294 e. The molecule has 18 heavy (non-hydrogen) atoms. The van der Waals surface area contributed by atoms with Crippen LogP contribution in [0.3, 0.4) is 0 Å². The molecule has 1 aromatic carbocycles. The number of carbonyl (C=O) groups is 1. The number of benzene rings is 1. The van der Waals surface area contributed by atoms with Crippen molar-refractivity contribution in [1.82, 2.24) is 0 Å². The third kappa shape index (κ3) is 3.01. The molecular weight excluding hydrogens is 220 g/mol. The minimum absolute atomic E-state index is 0.257. The Balaban J connectivity index is 2.30. The molecule has 1 nitrogen and oxygen atoms in total. The van der Waals surface area contributed by atoms with Gasteiger partial charge in [-0.2, -0.15) is 0 Å². The average molecular weight is 244 g/mol. The molecule has 0 spiro atoms. The molecule has 0 atom stereocenters. The van der Waals surface area contributed by atoms with Gasteiger partial charge in [0.15, 0.2) is 5.78 Å². The lowest BCUT2D eigenvalue weighted by Gasteiger charge is -2.19. The van der Waals surface area contributed by atoms with Crippen LogP contribution in [-0.4, -0.2) is 5.78 Å². The second kappa shape index (κ2) is 5.26. The van der Waals surface area contributed by atoms with Gasteiger partial charge in [0.2, 0.25) is 0 Å². The van der Waals surface area contributed by atoms with Crippen LogP contribution in [0.5, 0.6) is 0 Å². The van der Waals surface area contributed by atoms with Gasteiger partial charge < -0.3 is 0 Å². The summed E-state index contributed by atoms with van der Waals surface area (Å²) in [6.07, 6.45) is 7.55. The molecule has 0 bridgehead atoms. The van der Waals surface area contributed by atoms with Crippen molar-refractivity contribution in [3.63, 3.8) is 0 Å². The molecular formula is C17H24O. The van der Waals surface area contributed by atoms with E-state index in [9.17, 15) is 4.79 Å². The first-order valence-corrected chi connectivity index (χ1v) is 7.15. The average Bonchev–Trinajstić information content (AvgIpc) is 2.27. The standard InChI is InChI=1S/C17H24O/c1-17(2,3)16(18)15-11-10-13-8-6-4-5-7-9-14(13)12-15/h10-12H,4-9H2,1-3H3. The van der Waals surface area contributed by atoms with Gasteiger partial charge in [0.1, 0.15) is 0 Å². The van der Waals surface area contributed by atoms with Gasteiger partial charge >= 0.3 is 0 Å². The van der Waals surface area contributed by atoms with Crippen molar-refractivity contribution in [2.45, 2.75) is 59.3 Å². The fourth-order valence-electron chi connectivity index (χ4n) is 2.66. The number of carbonyl (C=O) groups excluding carboxylic acids is 1. The van der Waals surface area contributed by atoms with Crippen LogP contribution < -0.4 is 0 Å². The quantitative estimate of drug-likeness (QED) is 0.661. The van der Waals surface area contributed by atoms with Gasteiger partial charge in [0.25, 0.3) is 0 Å². The smallest absolute Gasteiger partial charge is 0.168 e. The highest BCUT2D eigenvalue weighted by Crippen LogP contribution is 2.25. The van der Waals surface area contributed by atoms with E-state index < -0.39 is 0 Å². The summed E-state index contributed by atoms with van der Waals surface area (Å²) in [5.74, 6) is 0.257. The second-order valence-corrected chi connectivity index (χ2v) is 6.48. The van der Waals surface area contributed by atoms with E-state index >= 15 is 0 Å². The number of hydrogen-bond acceptors (Lipinski definition) is 1. The van der Waals surface area contributed by atoms with Crippen molar-refractivity contribution in [3.8, 4) is 0 Å². The minimum atomic E-state index is -0.282. The molecule has 0 fully saturated rings. The summed E-state index contributed by atoms with van der Waals surface area (Å²) in [4.78, 5) is 12.3. The Kier molecular flexibility index (Phi) is 3.89. The van der Waals surface area contributed by atoms with E-state index in [0.717, 1.165) is 12.0 Å². The van der Waals surface area contributed by atoms with Crippen LogP contribution in [0, 0.1) is 5.41 Å². The Bertz CT molecular complexity index is 437. The van der Waals surface area contributed by atoms with E-state index in [1.165, 1.54) is 43.2 Å². The van der Waals surface area contributed by atoms with E-state index in [-0.39, 0.29) is 11.2 Å². The van der Waals surface area contributed by atoms with Crippen molar-refractivity contribution < 1.29 is 4.79 Å². The van der Waals surface area contributed by atoms with Gasteiger partial charge in [-0.1, -0.05) is 45.7 Å². The lowest BCUT2D eigenvalue weighted by Crippen LogP contribution is -2.20. The maximum atomic E-state index is 12.3. The van der Waals surface area contributed by atoms with Crippen LogP contribution >= 0.6 is 0 Å². The van der Waals surface area contributed by atoms with Gasteiger partial charge in [0.05, 0.1) is 0 Å². The number of Topliss-reactive ketones (excluding diaryl/α,β-unsaturated/α-hetero) is 1. The van der Waals surface area contributed by atoms with Crippen molar-refractivity contribution in [2.75, 3.05) is 0 Å². The molecule has 98 valence electrons. The fourth-order valence-corrected chi connectivity index (χ4v) is 2.66. The molecule has 0 saturated heterocycles. The van der Waals surface area contributed by atoms with Crippen molar-refractivity contribution in [1.29, 1.82) is 0 Å². The van der Waals surface area contributed by atoms with Crippen LogP contribution in [0.2, 0.25) is 0 Å². The number of fused-ring (bicyclic) bond motifs is 1.